The highest BCUT2D eigenvalue weighted by Gasteiger charge is 2.39. The molecular weight excluding hydrogens is 381 g/mol. The Morgan fingerprint density at radius 3 is 2.48 bits per heavy atom. The average Bonchev–Trinajstić information content (AvgIpc) is 2.92. The van der Waals surface area contributed by atoms with Crippen molar-refractivity contribution in [2.45, 2.75) is 19.1 Å². The summed E-state index contributed by atoms with van der Waals surface area (Å²) in [7, 11) is 1.50. The van der Waals surface area contributed by atoms with Gasteiger partial charge in [0.25, 0.3) is 0 Å². The van der Waals surface area contributed by atoms with E-state index in [9.17, 15) is 18.3 Å². The molecule has 1 N–H and O–H groups in total. The molecule has 4 nitrogen and oxygen atoms in total. The predicted octanol–water partition coefficient (Wildman–Crippen LogP) is 4.91. The van der Waals surface area contributed by atoms with Crippen LogP contribution in [0.1, 0.15) is 22.4 Å². The van der Waals surface area contributed by atoms with E-state index in [1.165, 1.54) is 7.11 Å². The molecule has 0 aliphatic carbocycles. The Morgan fingerprint density at radius 1 is 1.11 bits per heavy atom. The Kier molecular flexibility index (Phi) is 5.32. The van der Waals surface area contributed by atoms with Gasteiger partial charge in [-0.2, -0.15) is 18.3 Å². The molecule has 0 bridgehead atoms. The highest BCUT2D eigenvalue weighted by Crippen LogP contribution is 2.37. The van der Waals surface area contributed by atoms with Gasteiger partial charge in [-0.05, 0) is 35.4 Å². The van der Waals surface area contributed by atoms with Gasteiger partial charge in [-0.25, -0.2) is 4.68 Å². The third-order valence-electron chi connectivity index (χ3n) is 4.03. The molecule has 27 heavy (non-hydrogen) atoms. The lowest BCUT2D eigenvalue weighted by molar-refractivity contribution is -0.142. The Labute approximate surface area is 158 Å². The molecule has 2 aromatic carbocycles. The number of halogens is 4. The first-order chi connectivity index (χ1) is 12.8. The van der Waals surface area contributed by atoms with Crippen LogP contribution in [0.15, 0.2) is 48.5 Å². The number of hydrogen-bond acceptors (Lipinski definition) is 3. The Balaban J connectivity index is 1.99. The quantitative estimate of drug-likeness (QED) is 0.666. The summed E-state index contributed by atoms with van der Waals surface area (Å²) >= 11 is 5.90. The molecule has 142 valence electrons. The molecule has 0 amide bonds. The number of hydrogen-bond donors (Lipinski definition) is 1. The molecule has 3 rings (SSSR count). The van der Waals surface area contributed by atoms with E-state index in [-0.39, 0.29) is 18.5 Å². The number of ether oxygens (including phenoxy) is 1. The lowest BCUT2D eigenvalue weighted by atomic mass is 10.0. The van der Waals surface area contributed by atoms with Gasteiger partial charge in [0.1, 0.15) is 5.75 Å². The van der Waals surface area contributed by atoms with Crippen molar-refractivity contribution in [3.8, 4) is 11.6 Å². The fraction of sp³-hybridized carbons (Fsp3) is 0.211. The molecule has 0 aliphatic heterocycles. The highest BCUT2D eigenvalue weighted by molar-refractivity contribution is 6.30. The van der Waals surface area contributed by atoms with Crippen molar-refractivity contribution in [3.05, 3.63) is 75.9 Å². The number of methoxy groups -OCH3 is 1. The molecule has 1 aromatic heterocycles. The van der Waals surface area contributed by atoms with Crippen LogP contribution in [0.25, 0.3) is 0 Å². The maximum atomic E-state index is 13.4. The van der Waals surface area contributed by atoms with Crippen molar-refractivity contribution in [3.63, 3.8) is 0 Å². The molecular formula is C19H16ClF3N2O2. The molecule has 0 aliphatic rings. The van der Waals surface area contributed by atoms with Crippen LogP contribution >= 0.6 is 11.6 Å². The standard InChI is InChI=1S/C19H16ClF3N2O2/c1-27-15-7-3-5-13(9-15)11-25-18(26)16(17(24-25)19(21,22)23)10-12-4-2-6-14(20)8-12/h2-9,26H,10-11H2,1H3. The highest BCUT2D eigenvalue weighted by atomic mass is 35.5. The first-order valence-corrected chi connectivity index (χ1v) is 8.39. The van der Waals surface area contributed by atoms with Gasteiger partial charge in [-0.1, -0.05) is 35.9 Å². The number of rotatable bonds is 5. The van der Waals surface area contributed by atoms with Crippen LogP contribution < -0.4 is 4.74 Å². The van der Waals surface area contributed by atoms with Gasteiger partial charge in [0, 0.05) is 11.4 Å². The molecule has 1 heterocycles. The van der Waals surface area contributed by atoms with E-state index in [1.54, 1.807) is 48.5 Å². The molecule has 0 unspecified atom stereocenters. The zero-order valence-corrected chi connectivity index (χ0v) is 15.1. The van der Waals surface area contributed by atoms with Crippen molar-refractivity contribution in [2.75, 3.05) is 7.11 Å². The summed E-state index contributed by atoms with van der Waals surface area (Å²) in [5.74, 6) is 0.0412. The normalized spacial score (nSPS) is 11.6. The van der Waals surface area contributed by atoms with E-state index in [2.05, 4.69) is 5.10 Å². The SMILES string of the molecule is COc1cccc(Cn2nc(C(F)(F)F)c(Cc3cccc(Cl)c3)c2O)c1. The van der Waals surface area contributed by atoms with Crippen LogP contribution in [0.4, 0.5) is 13.2 Å². The predicted molar refractivity (Wildman–Crippen MR) is 95.2 cm³/mol. The van der Waals surface area contributed by atoms with E-state index >= 15 is 0 Å². The topological polar surface area (TPSA) is 47.3 Å². The summed E-state index contributed by atoms with van der Waals surface area (Å²) in [4.78, 5) is 0. The molecule has 0 spiro atoms. The van der Waals surface area contributed by atoms with Crippen molar-refractivity contribution in [1.82, 2.24) is 9.78 Å². The van der Waals surface area contributed by atoms with Gasteiger partial charge in [-0.15, -0.1) is 0 Å². The lowest BCUT2D eigenvalue weighted by Crippen LogP contribution is -2.10. The second-order valence-corrected chi connectivity index (χ2v) is 6.40. The number of nitrogens with zero attached hydrogens (tertiary/aromatic N) is 2. The van der Waals surface area contributed by atoms with Crippen molar-refractivity contribution in [2.24, 2.45) is 0 Å². The molecule has 0 radical (unpaired) electrons. The van der Waals surface area contributed by atoms with Gasteiger partial charge in [0.05, 0.1) is 19.2 Å². The zero-order chi connectivity index (χ0) is 19.6. The number of alkyl halides is 3. The van der Waals surface area contributed by atoms with Crippen molar-refractivity contribution in [1.29, 1.82) is 0 Å². The van der Waals surface area contributed by atoms with E-state index in [4.69, 9.17) is 16.3 Å². The first kappa shape index (κ1) is 19.1. The van der Waals surface area contributed by atoms with Crippen LogP contribution in [-0.4, -0.2) is 22.0 Å². The average molecular weight is 397 g/mol. The van der Waals surface area contributed by atoms with Gasteiger partial charge in [0.15, 0.2) is 5.69 Å². The second-order valence-electron chi connectivity index (χ2n) is 5.96. The summed E-state index contributed by atoms with van der Waals surface area (Å²) < 4.78 is 46.4. The molecule has 3 aromatic rings. The number of aromatic nitrogens is 2. The first-order valence-electron chi connectivity index (χ1n) is 8.01. The minimum Gasteiger partial charge on any atom is -0.497 e. The zero-order valence-electron chi connectivity index (χ0n) is 14.3. The van der Waals surface area contributed by atoms with Gasteiger partial charge in [-0.3, -0.25) is 0 Å². The Morgan fingerprint density at radius 2 is 1.81 bits per heavy atom. The molecule has 0 atom stereocenters. The van der Waals surface area contributed by atoms with Crippen LogP contribution in [0.5, 0.6) is 11.6 Å². The monoisotopic (exact) mass is 396 g/mol. The third kappa shape index (κ3) is 4.36. The fourth-order valence-electron chi connectivity index (χ4n) is 2.79. The molecule has 0 fully saturated rings. The van der Waals surface area contributed by atoms with Gasteiger partial charge >= 0.3 is 6.18 Å². The van der Waals surface area contributed by atoms with E-state index in [0.717, 1.165) is 4.68 Å². The van der Waals surface area contributed by atoms with Crippen molar-refractivity contribution < 1.29 is 23.0 Å². The summed E-state index contributed by atoms with van der Waals surface area (Å²) in [5.41, 5.74) is -0.199. The molecule has 0 saturated heterocycles. The summed E-state index contributed by atoms with van der Waals surface area (Å²) in [6.07, 6.45) is -4.83. The number of aromatic hydroxyl groups is 1. The number of benzene rings is 2. The van der Waals surface area contributed by atoms with Crippen LogP contribution in [0, 0.1) is 0 Å². The second kappa shape index (κ2) is 7.52. The minimum absolute atomic E-state index is 0.0261. The van der Waals surface area contributed by atoms with Crippen molar-refractivity contribution >= 4 is 11.6 Å². The summed E-state index contributed by atoms with van der Waals surface area (Å²) in [6, 6.07) is 13.3. The van der Waals surface area contributed by atoms with E-state index in [0.29, 0.717) is 21.9 Å². The smallest absolute Gasteiger partial charge is 0.435 e. The Hall–Kier alpha value is -2.67. The molecule has 8 heteroatoms. The molecule has 0 saturated carbocycles. The van der Waals surface area contributed by atoms with Crippen LogP contribution in [0.2, 0.25) is 5.02 Å². The van der Waals surface area contributed by atoms with Gasteiger partial charge < -0.3 is 9.84 Å². The van der Waals surface area contributed by atoms with Crippen LogP contribution in [-0.2, 0) is 19.1 Å². The van der Waals surface area contributed by atoms with Gasteiger partial charge in [0.2, 0.25) is 5.88 Å². The lowest BCUT2D eigenvalue weighted by Gasteiger charge is -2.07. The largest absolute Gasteiger partial charge is 0.497 e. The van der Waals surface area contributed by atoms with Crippen LogP contribution in [0.3, 0.4) is 0 Å². The fourth-order valence-corrected chi connectivity index (χ4v) is 3.00. The summed E-state index contributed by atoms with van der Waals surface area (Å²) in [6.45, 7) is -0.0261. The van der Waals surface area contributed by atoms with E-state index < -0.39 is 17.8 Å². The Bertz CT molecular complexity index is 954. The minimum atomic E-state index is -4.69. The third-order valence-corrected chi connectivity index (χ3v) is 4.26. The maximum Gasteiger partial charge on any atom is 0.435 e. The van der Waals surface area contributed by atoms with E-state index in [1.807, 2.05) is 0 Å². The summed E-state index contributed by atoms with van der Waals surface area (Å²) in [5, 5.41) is 14.5. The maximum absolute atomic E-state index is 13.4.